The zero-order chi connectivity index (χ0) is 11.6. The first-order chi connectivity index (χ1) is 7.65. The van der Waals surface area contributed by atoms with Gasteiger partial charge >= 0.3 is 0 Å². The number of nitrogens with one attached hydrogen (secondary N) is 1. The molecule has 0 saturated carbocycles. The third-order valence-electron chi connectivity index (χ3n) is 3.95. The molecule has 2 saturated heterocycles. The fourth-order valence-electron chi connectivity index (χ4n) is 2.68. The molecule has 0 spiro atoms. The van der Waals surface area contributed by atoms with E-state index in [4.69, 9.17) is 4.74 Å². The maximum absolute atomic E-state index is 12.4. The Morgan fingerprint density at radius 3 is 2.62 bits per heavy atom. The minimum atomic E-state index is -0.167. The second-order valence-electron chi connectivity index (χ2n) is 5.21. The zero-order valence-corrected chi connectivity index (χ0v) is 10.3. The number of carbonyl (C=O) groups is 1. The molecule has 16 heavy (non-hydrogen) atoms. The Morgan fingerprint density at radius 1 is 1.44 bits per heavy atom. The Balaban J connectivity index is 1.91. The predicted molar refractivity (Wildman–Crippen MR) is 62.2 cm³/mol. The van der Waals surface area contributed by atoms with Gasteiger partial charge in [-0.05, 0) is 32.7 Å². The van der Waals surface area contributed by atoms with E-state index in [2.05, 4.69) is 12.2 Å². The SMILES string of the molecule is COC1CCN(C(=O)C2(C)CCNC2)CC1. The van der Waals surface area contributed by atoms with E-state index in [1.54, 1.807) is 7.11 Å². The molecule has 2 fully saturated rings. The van der Waals surface area contributed by atoms with Crippen molar-refractivity contribution >= 4 is 5.91 Å². The molecule has 1 atom stereocenters. The van der Waals surface area contributed by atoms with Crippen LogP contribution in [0, 0.1) is 5.41 Å². The molecule has 4 heteroatoms. The van der Waals surface area contributed by atoms with Gasteiger partial charge in [-0.25, -0.2) is 0 Å². The van der Waals surface area contributed by atoms with Gasteiger partial charge in [-0.1, -0.05) is 0 Å². The van der Waals surface area contributed by atoms with Gasteiger partial charge in [0.1, 0.15) is 0 Å². The lowest BCUT2D eigenvalue weighted by molar-refractivity contribution is -0.142. The monoisotopic (exact) mass is 226 g/mol. The Kier molecular flexibility index (Phi) is 3.50. The van der Waals surface area contributed by atoms with E-state index in [1.807, 2.05) is 4.90 Å². The summed E-state index contributed by atoms with van der Waals surface area (Å²) in [5, 5.41) is 3.28. The van der Waals surface area contributed by atoms with Crippen molar-refractivity contribution in [3.05, 3.63) is 0 Å². The van der Waals surface area contributed by atoms with Crippen molar-refractivity contribution in [2.75, 3.05) is 33.3 Å². The highest BCUT2D eigenvalue weighted by atomic mass is 16.5. The fourth-order valence-corrected chi connectivity index (χ4v) is 2.68. The van der Waals surface area contributed by atoms with Gasteiger partial charge in [0.25, 0.3) is 0 Å². The summed E-state index contributed by atoms with van der Waals surface area (Å²) in [7, 11) is 1.75. The molecule has 1 N–H and O–H groups in total. The number of methoxy groups -OCH3 is 1. The van der Waals surface area contributed by atoms with Crippen molar-refractivity contribution in [2.45, 2.75) is 32.3 Å². The van der Waals surface area contributed by atoms with Crippen molar-refractivity contribution in [3.8, 4) is 0 Å². The van der Waals surface area contributed by atoms with Gasteiger partial charge in [0.2, 0.25) is 5.91 Å². The first-order valence-electron chi connectivity index (χ1n) is 6.18. The van der Waals surface area contributed by atoms with E-state index in [1.165, 1.54) is 0 Å². The van der Waals surface area contributed by atoms with Crippen molar-refractivity contribution < 1.29 is 9.53 Å². The smallest absolute Gasteiger partial charge is 0.229 e. The number of rotatable bonds is 2. The summed E-state index contributed by atoms with van der Waals surface area (Å²) in [5.41, 5.74) is -0.167. The van der Waals surface area contributed by atoms with Crippen LogP contribution in [0.3, 0.4) is 0 Å². The number of ether oxygens (including phenoxy) is 1. The van der Waals surface area contributed by atoms with E-state index < -0.39 is 0 Å². The predicted octanol–water partition coefficient (Wildman–Crippen LogP) is 0.623. The van der Waals surface area contributed by atoms with Gasteiger partial charge in [0.05, 0.1) is 11.5 Å². The fraction of sp³-hybridized carbons (Fsp3) is 0.917. The molecule has 0 bridgehead atoms. The first-order valence-corrected chi connectivity index (χ1v) is 6.18. The highest BCUT2D eigenvalue weighted by Crippen LogP contribution is 2.28. The van der Waals surface area contributed by atoms with Gasteiger partial charge in [0, 0.05) is 26.7 Å². The molecule has 2 aliphatic heterocycles. The van der Waals surface area contributed by atoms with E-state index in [-0.39, 0.29) is 5.41 Å². The van der Waals surface area contributed by atoms with Gasteiger partial charge in [-0.15, -0.1) is 0 Å². The van der Waals surface area contributed by atoms with E-state index in [9.17, 15) is 4.79 Å². The minimum absolute atomic E-state index is 0.167. The third-order valence-corrected chi connectivity index (χ3v) is 3.95. The Hall–Kier alpha value is -0.610. The molecule has 0 aromatic rings. The molecule has 0 aromatic carbocycles. The van der Waals surface area contributed by atoms with Crippen LogP contribution >= 0.6 is 0 Å². The lowest BCUT2D eigenvalue weighted by atomic mass is 9.87. The normalized spacial score (nSPS) is 32.0. The minimum Gasteiger partial charge on any atom is -0.381 e. The van der Waals surface area contributed by atoms with Crippen LogP contribution < -0.4 is 5.32 Å². The molecular weight excluding hydrogens is 204 g/mol. The molecule has 2 heterocycles. The summed E-state index contributed by atoms with van der Waals surface area (Å²) in [6.07, 6.45) is 3.27. The number of carbonyl (C=O) groups excluding carboxylic acids is 1. The number of likely N-dealkylation sites (tertiary alicyclic amines) is 1. The maximum Gasteiger partial charge on any atom is 0.229 e. The molecule has 1 amide bonds. The van der Waals surface area contributed by atoms with Gasteiger partial charge < -0.3 is 15.0 Å². The molecule has 0 aromatic heterocycles. The topological polar surface area (TPSA) is 41.6 Å². The number of hydrogen-bond acceptors (Lipinski definition) is 3. The van der Waals surface area contributed by atoms with Gasteiger partial charge in [0.15, 0.2) is 0 Å². The molecule has 0 aliphatic carbocycles. The number of nitrogens with zero attached hydrogens (tertiary/aromatic N) is 1. The average Bonchev–Trinajstić information content (AvgIpc) is 2.77. The molecule has 92 valence electrons. The van der Waals surface area contributed by atoms with Gasteiger partial charge in [-0.3, -0.25) is 4.79 Å². The van der Waals surface area contributed by atoms with E-state index in [0.717, 1.165) is 45.4 Å². The van der Waals surface area contributed by atoms with Crippen LogP contribution in [-0.2, 0) is 9.53 Å². The Labute approximate surface area is 97.3 Å². The Morgan fingerprint density at radius 2 is 2.12 bits per heavy atom. The van der Waals surface area contributed by atoms with Crippen LogP contribution in [0.25, 0.3) is 0 Å². The highest BCUT2D eigenvalue weighted by molar-refractivity contribution is 5.83. The Bertz CT molecular complexity index is 254. The summed E-state index contributed by atoms with van der Waals surface area (Å²) in [4.78, 5) is 14.4. The van der Waals surface area contributed by atoms with Crippen LogP contribution in [0.2, 0.25) is 0 Å². The van der Waals surface area contributed by atoms with E-state index in [0.29, 0.717) is 12.0 Å². The average molecular weight is 226 g/mol. The lowest BCUT2D eigenvalue weighted by Gasteiger charge is -2.36. The summed E-state index contributed by atoms with van der Waals surface area (Å²) < 4.78 is 5.32. The second-order valence-corrected chi connectivity index (χ2v) is 5.21. The largest absolute Gasteiger partial charge is 0.381 e. The number of amides is 1. The quantitative estimate of drug-likeness (QED) is 0.750. The molecule has 4 nitrogen and oxygen atoms in total. The standard InChI is InChI=1S/C12H22N2O2/c1-12(5-6-13-9-12)11(15)14-7-3-10(16-2)4-8-14/h10,13H,3-9H2,1-2H3. The summed E-state index contributed by atoms with van der Waals surface area (Å²) >= 11 is 0. The first kappa shape index (κ1) is 11.9. The van der Waals surface area contributed by atoms with Crippen molar-refractivity contribution in [2.24, 2.45) is 5.41 Å². The second kappa shape index (κ2) is 4.72. The summed E-state index contributed by atoms with van der Waals surface area (Å²) in [6.45, 7) is 5.59. The van der Waals surface area contributed by atoms with Crippen molar-refractivity contribution in [3.63, 3.8) is 0 Å². The van der Waals surface area contributed by atoms with Crippen LogP contribution in [0.5, 0.6) is 0 Å². The zero-order valence-electron chi connectivity index (χ0n) is 10.3. The molecular formula is C12H22N2O2. The molecule has 0 radical (unpaired) electrons. The molecule has 2 aliphatic rings. The highest BCUT2D eigenvalue weighted by Gasteiger charge is 2.39. The molecule has 2 rings (SSSR count). The third kappa shape index (κ3) is 2.23. The number of piperidine rings is 1. The summed E-state index contributed by atoms with van der Waals surface area (Å²) in [6, 6.07) is 0. The van der Waals surface area contributed by atoms with Crippen LogP contribution in [-0.4, -0.2) is 50.2 Å². The van der Waals surface area contributed by atoms with Crippen molar-refractivity contribution in [1.29, 1.82) is 0 Å². The summed E-state index contributed by atoms with van der Waals surface area (Å²) in [5.74, 6) is 0.326. The van der Waals surface area contributed by atoms with Crippen LogP contribution in [0.4, 0.5) is 0 Å². The van der Waals surface area contributed by atoms with Crippen molar-refractivity contribution in [1.82, 2.24) is 10.2 Å². The molecule has 1 unspecified atom stereocenters. The number of hydrogen-bond donors (Lipinski definition) is 1. The van der Waals surface area contributed by atoms with Gasteiger partial charge in [-0.2, -0.15) is 0 Å². The van der Waals surface area contributed by atoms with Crippen LogP contribution in [0.15, 0.2) is 0 Å². The van der Waals surface area contributed by atoms with E-state index >= 15 is 0 Å². The maximum atomic E-state index is 12.4. The van der Waals surface area contributed by atoms with Crippen LogP contribution in [0.1, 0.15) is 26.2 Å². The lowest BCUT2D eigenvalue weighted by Crippen LogP contribution is -2.48.